The quantitative estimate of drug-likeness (QED) is 0.890. The normalized spacial score (nSPS) is 10.7. The Hall–Kier alpha value is -1.65. The van der Waals surface area contributed by atoms with Crippen molar-refractivity contribution in [2.75, 3.05) is 18.5 Å². The standard InChI is InChI=1S/C16H21ClN4/c1-4-18-9-13-8-16(19-10-15(13)17)21(3)11-14-7-5-6-12(2)20-14/h5-8,10,18H,4,9,11H2,1-3H3. The molecule has 0 saturated carbocycles. The van der Waals surface area contributed by atoms with Gasteiger partial charge in [0, 0.05) is 25.5 Å². The lowest BCUT2D eigenvalue weighted by molar-refractivity contribution is 0.725. The van der Waals surface area contributed by atoms with Crippen molar-refractivity contribution < 1.29 is 0 Å². The number of halogens is 1. The molecule has 0 aliphatic carbocycles. The van der Waals surface area contributed by atoms with Crippen LogP contribution in [0, 0.1) is 6.92 Å². The SMILES string of the molecule is CCNCc1cc(N(C)Cc2cccc(C)n2)ncc1Cl. The van der Waals surface area contributed by atoms with E-state index in [1.165, 1.54) is 0 Å². The number of rotatable bonds is 6. The fourth-order valence-corrected chi connectivity index (χ4v) is 2.25. The molecule has 0 atom stereocenters. The lowest BCUT2D eigenvalue weighted by Crippen LogP contribution is -2.19. The molecule has 0 radical (unpaired) electrons. The molecule has 112 valence electrons. The molecule has 0 aromatic carbocycles. The molecule has 0 bridgehead atoms. The van der Waals surface area contributed by atoms with Crippen molar-refractivity contribution >= 4 is 17.4 Å². The third kappa shape index (κ3) is 4.41. The largest absolute Gasteiger partial charge is 0.354 e. The Bertz CT molecular complexity index is 601. The van der Waals surface area contributed by atoms with Gasteiger partial charge in [-0.15, -0.1) is 0 Å². The zero-order valence-corrected chi connectivity index (χ0v) is 13.5. The van der Waals surface area contributed by atoms with Gasteiger partial charge in [0.2, 0.25) is 0 Å². The summed E-state index contributed by atoms with van der Waals surface area (Å²) in [5, 5.41) is 3.98. The van der Waals surface area contributed by atoms with E-state index in [9.17, 15) is 0 Å². The summed E-state index contributed by atoms with van der Waals surface area (Å²) in [5.41, 5.74) is 3.12. The predicted octanol–water partition coefficient (Wildman–Crippen LogP) is 3.18. The first-order valence-electron chi connectivity index (χ1n) is 7.09. The van der Waals surface area contributed by atoms with Crippen molar-refractivity contribution in [3.63, 3.8) is 0 Å². The molecule has 0 aliphatic heterocycles. The van der Waals surface area contributed by atoms with E-state index in [1.54, 1.807) is 6.20 Å². The highest BCUT2D eigenvalue weighted by Gasteiger charge is 2.08. The minimum atomic E-state index is 0.696. The summed E-state index contributed by atoms with van der Waals surface area (Å²) in [6.45, 7) is 6.46. The molecule has 5 heteroatoms. The third-order valence-corrected chi connectivity index (χ3v) is 3.56. The van der Waals surface area contributed by atoms with Gasteiger partial charge in [0.15, 0.2) is 0 Å². The number of hydrogen-bond donors (Lipinski definition) is 1. The van der Waals surface area contributed by atoms with Crippen LogP contribution in [-0.2, 0) is 13.1 Å². The van der Waals surface area contributed by atoms with Crippen LogP contribution in [0.15, 0.2) is 30.5 Å². The molecule has 1 N–H and O–H groups in total. The van der Waals surface area contributed by atoms with Crippen LogP contribution in [0.3, 0.4) is 0 Å². The molecule has 2 aromatic rings. The van der Waals surface area contributed by atoms with E-state index in [-0.39, 0.29) is 0 Å². The Morgan fingerprint density at radius 2 is 2.14 bits per heavy atom. The Morgan fingerprint density at radius 1 is 1.33 bits per heavy atom. The minimum Gasteiger partial charge on any atom is -0.354 e. The second-order valence-corrected chi connectivity index (χ2v) is 5.45. The van der Waals surface area contributed by atoms with E-state index in [4.69, 9.17) is 11.6 Å². The zero-order valence-electron chi connectivity index (χ0n) is 12.7. The van der Waals surface area contributed by atoms with E-state index < -0.39 is 0 Å². The maximum atomic E-state index is 6.18. The summed E-state index contributed by atoms with van der Waals surface area (Å²) >= 11 is 6.18. The zero-order chi connectivity index (χ0) is 15.2. The molecule has 4 nitrogen and oxygen atoms in total. The lowest BCUT2D eigenvalue weighted by atomic mass is 10.2. The first-order chi connectivity index (χ1) is 10.1. The fraction of sp³-hybridized carbons (Fsp3) is 0.375. The number of aromatic nitrogens is 2. The van der Waals surface area contributed by atoms with Crippen LogP contribution in [0.2, 0.25) is 5.02 Å². The number of anilines is 1. The molecule has 21 heavy (non-hydrogen) atoms. The fourth-order valence-electron chi connectivity index (χ4n) is 2.08. The summed E-state index contributed by atoms with van der Waals surface area (Å²) < 4.78 is 0. The lowest BCUT2D eigenvalue weighted by Gasteiger charge is -2.19. The van der Waals surface area contributed by atoms with Crippen molar-refractivity contribution in [1.82, 2.24) is 15.3 Å². The average Bonchev–Trinajstić information content (AvgIpc) is 2.46. The van der Waals surface area contributed by atoms with Crippen LogP contribution in [-0.4, -0.2) is 23.6 Å². The molecule has 2 heterocycles. The Kier molecular flexibility index (Phi) is 5.53. The topological polar surface area (TPSA) is 41.0 Å². The van der Waals surface area contributed by atoms with Gasteiger partial charge in [-0.2, -0.15) is 0 Å². The van der Waals surface area contributed by atoms with Gasteiger partial charge in [0.1, 0.15) is 5.82 Å². The number of aryl methyl sites for hydroxylation is 1. The van der Waals surface area contributed by atoms with E-state index in [0.717, 1.165) is 42.4 Å². The smallest absolute Gasteiger partial charge is 0.128 e. The van der Waals surface area contributed by atoms with Gasteiger partial charge in [0.25, 0.3) is 0 Å². The molecular weight excluding hydrogens is 284 g/mol. The van der Waals surface area contributed by atoms with Gasteiger partial charge in [0.05, 0.1) is 17.3 Å². The molecular formula is C16H21ClN4. The highest BCUT2D eigenvalue weighted by atomic mass is 35.5. The number of nitrogens with zero attached hydrogens (tertiary/aromatic N) is 3. The molecule has 0 saturated heterocycles. The first kappa shape index (κ1) is 15.7. The van der Waals surface area contributed by atoms with Crippen molar-refractivity contribution in [2.45, 2.75) is 26.9 Å². The molecule has 0 unspecified atom stereocenters. The Morgan fingerprint density at radius 3 is 2.86 bits per heavy atom. The molecule has 0 amide bonds. The van der Waals surface area contributed by atoms with E-state index >= 15 is 0 Å². The van der Waals surface area contributed by atoms with Crippen molar-refractivity contribution in [3.8, 4) is 0 Å². The molecule has 0 aliphatic rings. The summed E-state index contributed by atoms with van der Waals surface area (Å²) in [7, 11) is 2.01. The van der Waals surface area contributed by atoms with Crippen LogP contribution in [0.25, 0.3) is 0 Å². The van der Waals surface area contributed by atoms with Gasteiger partial charge >= 0.3 is 0 Å². The summed E-state index contributed by atoms with van der Waals surface area (Å²) in [4.78, 5) is 11.0. The van der Waals surface area contributed by atoms with Gasteiger partial charge in [-0.25, -0.2) is 4.98 Å². The van der Waals surface area contributed by atoms with Gasteiger partial charge in [-0.05, 0) is 37.2 Å². The molecule has 2 aromatic heterocycles. The summed E-state index contributed by atoms with van der Waals surface area (Å²) in [6.07, 6.45) is 1.71. The maximum absolute atomic E-state index is 6.18. The van der Waals surface area contributed by atoms with Gasteiger partial charge < -0.3 is 10.2 Å². The van der Waals surface area contributed by atoms with E-state index in [1.807, 2.05) is 38.2 Å². The van der Waals surface area contributed by atoms with Crippen molar-refractivity contribution in [2.24, 2.45) is 0 Å². The van der Waals surface area contributed by atoms with Crippen LogP contribution in [0.1, 0.15) is 23.9 Å². The Balaban J connectivity index is 2.13. The van der Waals surface area contributed by atoms with Crippen LogP contribution in [0.5, 0.6) is 0 Å². The van der Waals surface area contributed by atoms with Gasteiger partial charge in [-0.3, -0.25) is 4.98 Å². The van der Waals surface area contributed by atoms with Crippen LogP contribution < -0.4 is 10.2 Å². The second-order valence-electron chi connectivity index (χ2n) is 5.04. The molecule has 0 spiro atoms. The number of hydrogen-bond acceptors (Lipinski definition) is 4. The monoisotopic (exact) mass is 304 g/mol. The van der Waals surface area contributed by atoms with Crippen molar-refractivity contribution in [1.29, 1.82) is 0 Å². The highest BCUT2D eigenvalue weighted by Crippen LogP contribution is 2.20. The summed E-state index contributed by atoms with van der Waals surface area (Å²) in [6, 6.07) is 8.08. The second kappa shape index (κ2) is 7.38. The minimum absolute atomic E-state index is 0.696. The van der Waals surface area contributed by atoms with Crippen LogP contribution in [0.4, 0.5) is 5.82 Å². The molecule has 0 fully saturated rings. The van der Waals surface area contributed by atoms with Crippen molar-refractivity contribution in [3.05, 3.63) is 52.4 Å². The predicted molar refractivity (Wildman–Crippen MR) is 87.7 cm³/mol. The third-order valence-electron chi connectivity index (χ3n) is 3.22. The summed E-state index contributed by atoms with van der Waals surface area (Å²) in [5.74, 6) is 0.899. The number of pyridine rings is 2. The highest BCUT2D eigenvalue weighted by molar-refractivity contribution is 6.31. The van der Waals surface area contributed by atoms with E-state index in [0.29, 0.717) is 5.02 Å². The van der Waals surface area contributed by atoms with Gasteiger partial charge in [-0.1, -0.05) is 24.6 Å². The molecule has 2 rings (SSSR count). The van der Waals surface area contributed by atoms with E-state index in [2.05, 4.69) is 27.1 Å². The average molecular weight is 305 g/mol. The van der Waals surface area contributed by atoms with Crippen LogP contribution >= 0.6 is 11.6 Å². The first-order valence-corrected chi connectivity index (χ1v) is 7.46. The Labute approximate surface area is 131 Å². The maximum Gasteiger partial charge on any atom is 0.128 e. The number of nitrogens with one attached hydrogen (secondary N) is 1.